The summed E-state index contributed by atoms with van der Waals surface area (Å²) in [5, 5.41) is 0. The van der Waals surface area contributed by atoms with E-state index in [-0.39, 0.29) is 0 Å². The van der Waals surface area contributed by atoms with E-state index in [0.717, 1.165) is 18.9 Å². The van der Waals surface area contributed by atoms with Gasteiger partial charge in [-0.3, -0.25) is 0 Å². The van der Waals surface area contributed by atoms with Crippen molar-refractivity contribution in [1.29, 1.82) is 0 Å². The molecular weight excluding hydrogens is 110 g/mol. The maximum Gasteiger partial charge on any atom is -0.00426 e. The Morgan fingerprint density at radius 2 is 2.11 bits per heavy atom. The van der Waals surface area contributed by atoms with Gasteiger partial charge in [-0.15, -0.1) is 0 Å². The van der Waals surface area contributed by atoms with Gasteiger partial charge in [0.2, 0.25) is 0 Å². The van der Waals surface area contributed by atoms with Crippen LogP contribution in [0.2, 0.25) is 0 Å². The van der Waals surface area contributed by atoms with Crippen LogP contribution >= 0.6 is 0 Å². The van der Waals surface area contributed by atoms with Gasteiger partial charge in [-0.2, -0.15) is 0 Å². The largest absolute Gasteiger partial charge is 0.330 e. The Balaban J connectivity index is 1.88. The monoisotopic (exact) mass is 125 g/mol. The molecule has 0 unspecified atom stereocenters. The molecule has 1 aliphatic carbocycles. The second-order valence-electron chi connectivity index (χ2n) is 2.73. The molecule has 1 heteroatoms. The molecule has 0 aromatic heterocycles. The molecule has 1 fully saturated rings. The van der Waals surface area contributed by atoms with Crippen molar-refractivity contribution in [3.05, 3.63) is 12.2 Å². The summed E-state index contributed by atoms with van der Waals surface area (Å²) in [7, 11) is 0. The summed E-state index contributed by atoms with van der Waals surface area (Å²) < 4.78 is 0. The molecule has 52 valence electrons. The highest BCUT2D eigenvalue weighted by Crippen LogP contribution is 2.32. The van der Waals surface area contributed by atoms with Crippen molar-refractivity contribution in [2.24, 2.45) is 11.7 Å². The van der Waals surface area contributed by atoms with Gasteiger partial charge in [0.1, 0.15) is 0 Å². The zero-order valence-corrected chi connectivity index (χ0v) is 5.84. The van der Waals surface area contributed by atoms with Crippen molar-refractivity contribution < 1.29 is 0 Å². The zero-order chi connectivity index (χ0) is 6.53. The average molecular weight is 125 g/mol. The van der Waals surface area contributed by atoms with E-state index in [1.165, 1.54) is 19.3 Å². The van der Waals surface area contributed by atoms with E-state index in [2.05, 4.69) is 12.2 Å². The lowest BCUT2D eigenvalue weighted by Crippen LogP contribution is -1.94. The van der Waals surface area contributed by atoms with Crippen molar-refractivity contribution >= 4 is 0 Å². The summed E-state index contributed by atoms with van der Waals surface area (Å²) in [4.78, 5) is 0. The van der Waals surface area contributed by atoms with E-state index >= 15 is 0 Å². The second kappa shape index (κ2) is 3.67. The standard InChI is InChI=1S/C8H15N/c9-7-3-1-2-4-8-5-6-8/h1-2,8H,3-7,9H2. The predicted octanol–water partition coefficient (Wildman–Crippen LogP) is 1.69. The highest BCUT2D eigenvalue weighted by molar-refractivity contribution is 4.88. The van der Waals surface area contributed by atoms with Gasteiger partial charge >= 0.3 is 0 Å². The quantitative estimate of drug-likeness (QED) is 0.568. The molecule has 1 nitrogen and oxygen atoms in total. The lowest BCUT2D eigenvalue weighted by Gasteiger charge is -1.85. The third kappa shape index (κ3) is 3.31. The van der Waals surface area contributed by atoms with Crippen molar-refractivity contribution in [2.45, 2.75) is 25.7 Å². The Hall–Kier alpha value is -0.300. The van der Waals surface area contributed by atoms with Crippen LogP contribution in [0.4, 0.5) is 0 Å². The Bertz CT molecular complexity index is 92.7. The molecule has 0 amide bonds. The van der Waals surface area contributed by atoms with Crippen molar-refractivity contribution in [3.8, 4) is 0 Å². The van der Waals surface area contributed by atoms with Crippen molar-refractivity contribution in [3.63, 3.8) is 0 Å². The fourth-order valence-corrected chi connectivity index (χ4v) is 0.856. The molecule has 1 aliphatic rings. The van der Waals surface area contributed by atoms with Gasteiger partial charge in [-0.05, 0) is 38.1 Å². The van der Waals surface area contributed by atoms with Gasteiger partial charge in [-0.1, -0.05) is 12.2 Å². The van der Waals surface area contributed by atoms with E-state index < -0.39 is 0 Å². The molecule has 1 rings (SSSR count). The topological polar surface area (TPSA) is 26.0 Å². The summed E-state index contributed by atoms with van der Waals surface area (Å²) in [6.45, 7) is 0.793. The first-order valence-corrected chi connectivity index (χ1v) is 3.78. The number of allylic oxidation sites excluding steroid dienone is 1. The van der Waals surface area contributed by atoms with Crippen molar-refractivity contribution in [2.75, 3.05) is 6.54 Å². The molecule has 0 aliphatic heterocycles. The number of hydrogen-bond acceptors (Lipinski definition) is 1. The van der Waals surface area contributed by atoms with Crippen LogP contribution in [-0.4, -0.2) is 6.54 Å². The summed E-state index contributed by atoms with van der Waals surface area (Å²) in [5.74, 6) is 1.03. The first kappa shape index (κ1) is 6.81. The fraction of sp³-hybridized carbons (Fsp3) is 0.750. The molecule has 0 atom stereocenters. The Kier molecular flexibility index (Phi) is 2.78. The molecule has 1 saturated carbocycles. The van der Waals surface area contributed by atoms with Gasteiger partial charge in [0.15, 0.2) is 0 Å². The van der Waals surface area contributed by atoms with Gasteiger partial charge in [0, 0.05) is 0 Å². The maximum atomic E-state index is 5.31. The minimum atomic E-state index is 0.793. The Morgan fingerprint density at radius 3 is 2.67 bits per heavy atom. The van der Waals surface area contributed by atoms with Gasteiger partial charge < -0.3 is 5.73 Å². The van der Waals surface area contributed by atoms with Crippen LogP contribution in [0.3, 0.4) is 0 Å². The third-order valence-electron chi connectivity index (χ3n) is 1.67. The second-order valence-corrected chi connectivity index (χ2v) is 2.73. The summed E-state index contributed by atoms with van der Waals surface area (Å²) in [6, 6.07) is 0. The van der Waals surface area contributed by atoms with Gasteiger partial charge in [0.05, 0.1) is 0 Å². The molecule has 0 spiro atoms. The third-order valence-corrected chi connectivity index (χ3v) is 1.67. The van der Waals surface area contributed by atoms with Crippen LogP contribution < -0.4 is 5.73 Å². The first-order chi connectivity index (χ1) is 4.43. The molecule has 0 bridgehead atoms. The van der Waals surface area contributed by atoms with Crippen molar-refractivity contribution in [1.82, 2.24) is 0 Å². The van der Waals surface area contributed by atoms with E-state index in [0.29, 0.717) is 0 Å². The van der Waals surface area contributed by atoms with Crippen LogP contribution in [0, 0.1) is 5.92 Å². The molecule has 0 aromatic carbocycles. The normalized spacial score (nSPS) is 19.2. The van der Waals surface area contributed by atoms with E-state index in [1.807, 2.05) is 0 Å². The van der Waals surface area contributed by atoms with E-state index in [4.69, 9.17) is 5.73 Å². The molecule has 0 saturated heterocycles. The smallest absolute Gasteiger partial charge is 0.00426 e. The minimum Gasteiger partial charge on any atom is -0.330 e. The van der Waals surface area contributed by atoms with Crippen LogP contribution in [0.5, 0.6) is 0 Å². The molecule has 0 aromatic rings. The lowest BCUT2D eigenvalue weighted by molar-refractivity contribution is 0.855. The summed E-state index contributed by atoms with van der Waals surface area (Å²) in [6.07, 6.45) is 9.70. The lowest BCUT2D eigenvalue weighted by atomic mass is 10.2. The Labute approximate surface area is 56.9 Å². The van der Waals surface area contributed by atoms with Gasteiger partial charge in [0.25, 0.3) is 0 Å². The van der Waals surface area contributed by atoms with Crippen LogP contribution in [-0.2, 0) is 0 Å². The predicted molar refractivity (Wildman–Crippen MR) is 40.2 cm³/mol. The average Bonchev–Trinajstić information content (AvgIpc) is 2.63. The van der Waals surface area contributed by atoms with Crippen LogP contribution in [0.1, 0.15) is 25.7 Å². The minimum absolute atomic E-state index is 0.793. The molecule has 2 N–H and O–H groups in total. The fourth-order valence-electron chi connectivity index (χ4n) is 0.856. The summed E-state index contributed by atoms with van der Waals surface area (Å²) >= 11 is 0. The van der Waals surface area contributed by atoms with Crippen LogP contribution in [0.25, 0.3) is 0 Å². The van der Waals surface area contributed by atoms with E-state index in [1.54, 1.807) is 0 Å². The number of hydrogen-bond donors (Lipinski definition) is 1. The van der Waals surface area contributed by atoms with E-state index in [9.17, 15) is 0 Å². The maximum absolute atomic E-state index is 5.31. The Morgan fingerprint density at radius 1 is 1.33 bits per heavy atom. The SMILES string of the molecule is NCCC=CCC1CC1. The van der Waals surface area contributed by atoms with Gasteiger partial charge in [-0.25, -0.2) is 0 Å². The highest BCUT2D eigenvalue weighted by Gasteiger charge is 2.18. The zero-order valence-electron chi connectivity index (χ0n) is 5.84. The van der Waals surface area contributed by atoms with Crippen LogP contribution in [0.15, 0.2) is 12.2 Å². The summed E-state index contributed by atoms with van der Waals surface area (Å²) in [5.41, 5.74) is 5.31. The number of rotatable bonds is 4. The first-order valence-electron chi connectivity index (χ1n) is 3.78. The highest BCUT2D eigenvalue weighted by atomic mass is 14.5. The number of nitrogens with two attached hydrogens (primary N) is 1. The molecular formula is C8H15N. The molecule has 9 heavy (non-hydrogen) atoms. The molecule has 0 radical (unpaired) electrons. The molecule has 0 heterocycles.